The molecule has 0 aliphatic carbocycles. The first-order valence-electron chi connectivity index (χ1n) is 12.9. The van der Waals surface area contributed by atoms with Gasteiger partial charge in [0.2, 0.25) is 17.7 Å². The topological polar surface area (TPSA) is 195 Å². The molecule has 9 N–H and O–H groups in total. The van der Waals surface area contributed by atoms with Crippen molar-refractivity contribution in [3.8, 4) is 11.1 Å². The van der Waals surface area contributed by atoms with Crippen LogP contribution in [0.25, 0.3) is 11.1 Å². The highest BCUT2D eigenvalue weighted by molar-refractivity contribution is 5.93. The Kier molecular flexibility index (Phi) is 11.2. The summed E-state index contributed by atoms with van der Waals surface area (Å²) in [4.78, 5) is 53.3. The van der Waals surface area contributed by atoms with Gasteiger partial charge in [-0.3, -0.25) is 19.4 Å². The molecule has 2 aromatic carbocycles. The Morgan fingerprint density at radius 3 is 2.02 bits per heavy atom. The molecular weight excluding hydrogens is 510 g/mol. The van der Waals surface area contributed by atoms with Crippen molar-refractivity contribution in [1.82, 2.24) is 20.9 Å². The molecule has 1 heterocycles. The lowest BCUT2D eigenvalue weighted by atomic mass is 9.99. The number of nitrogens with two attached hydrogens (primary N) is 3. The summed E-state index contributed by atoms with van der Waals surface area (Å²) >= 11 is 0. The molecule has 0 saturated carbocycles. The number of amides is 5. The fourth-order valence-corrected chi connectivity index (χ4v) is 4.10. The predicted molar refractivity (Wildman–Crippen MR) is 151 cm³/mol. The standard InChI is InChI=1S/C29H35N7O4/c30-23(9-5-15-34-29(32)40)27(38)36-25(16-19-10-12-22(13-11-19)21-7-2-1-3-8-21)28(39)35-24(26(31)37)17-20-6-4-14-33-18-20/h1-4,6-8,10-14,18,23-25H,5,9,15-17,30H2,(H2,31,37)(H,35,39)(H,36,38)(H3,32,34,40)/t23-,24-,25-/m0/s1. The first kappa shape index (κ1) is 29.8. The van der Waals surface area contributed by atoms with Gasteiger partial charge in [0.25, 0.3) is 0 Å². The van der Waals surface area contributed by atoms with Gasteiger partial charge in [-0.2, -0.15) is 0 Å². The SMILES string of the molecule is NC(=O)NCCC[C@H](N)C(=O)N[C@@H](Cc1ccc(-c2ccccc2)cc1)C(=O)N[C@@H](Cc1cccnc1)C(N)=O. The quantitative estimate of drug-likeness (QED) is 0.162. The maximum Gasteiger partial charge on any atom is 0.312 e. The second-order valence-corrected chi connectivity index (χ2v) is 9.40. The Labute approximate surface area is 232 Å². The summed E-state index contributed by atoms with van der Waals surface area (Å²) in [7, 11) is 0. The van der Waals surface area contributed by atoms with Crippen LogP contribution < -0.4 is 33.2 Å². The van der Waals surface area contributed by atoms with Crippen LogP contribution in [0.15, 0.2) is 79.1 Å². The highest BCUT2D eigenvalue weighted by Gasteiger charge is 2.28. The number of nitrogens with zero attached hydrogens (tertiary/aromatic N) is 1. The smallest absolute Gasteiger partial charge is 0.312 e. The van der Waals surface area contributed by atoms with E-state index >= 15 is 0 Å². The van der Waals surface area contributed by atoms with Crippen molar-refractivity contribution in [2.75, 3.05) is 6.54 Å². The average molecular weight is 546 g/mol. The fraction of sp³-hybridized carbons (Fsp3) is 0.276. The molecule has 0 fully saturated rings. The van der Waals surface area contributed by atoms with Gasteiger partial charge in [0, 0.05) is 31.8 Å². The van der Waals surface area contributed by atoms with Crippen molar-refractivity contribution < 1.29 is 19.2 Å². The molecule has 0 radical (unpaired) electrons. The molecule has 1 aromatic heterocycles. The molecule has 11 heteroatoms. The highest BCUT2D eigenvalue weighted by atomic mass is 16.2. The minimum atomic E-state index is -1.03. The van der Waals surface area contributed by atoms with E-state index in [1.807, 2.05) is 54.6 Å². The molecule has 0 spiro atoms. The van der Waals surface area contributed by atoms with E-state index in [0.717, 1.165) is 22.3 Å². The molecule has 0 aliphatic rings. The number of carbonyl (C=O) groups excluding carboxylic acids is 4. The summed E-state index contributed by atoms with van der Waals surface area (Å²) in [5, 5.41) is 7.83. The van der Waals surface area contributed by atoms with E-state index in [-0.39, 0.29) is 25.8 Å². The second-order valence-electron chi connectivity index (χ2n) is 9.40. The number of urea groups is 1. The van der Waals surface area contributed by atoms with Crippen molar-refractivity contribution in [2.24, 2.45) is 17.2 Å². The zero-order chi connectivity index (χ0) is 28.9. The van der Waals surface area contributed by atoms with Crippen LogP contribution in [0.2, 0.25) is 0 Å². The van der Waals surface area contributed by atoms with E-state index in [1.165, 1.54) is 0 Å². The summed E-state index contributed by atoms with van der Waals surface area (Å²) in [6.07, 6.45) is 4.17. The Balaban J connectivity index is 1.73. The van der Waals surface area contributed by atoms with Crippen molar-refractivity contribution in [3.63, 3.8) is 0 Å². The number of primary amides is 2. The molecule has 210 valence electrons. The lowest BCUT2D eigenvalue weighted by Gasteiger charge is -2.23. The van der Waals surface area contributed by atoms with Crippen LogP contribution in [-0.2, 0) is 27.2 Å². The first-order chi connectivity index (χ1) is 19.2. The van der Waals surface area contributed by atoms with E-state index in [9.17, 15) is 19.2 Å². The number of aromatic nitrogens is 1. The van der Waals surface area contributed by atoms with Gasteiger partial charge >= 0.3 is 6.03 Å². The normalized spacial score (nSPS) is 12.9. The van der Waals surface area contributed by atoms with Crippen molar-refractivity contribution in [2.45, 2.75) is 43.8 Å². The molecule has 11 nitrogen and oxygen atoms in total. The van der Waals surface area contributed by atoms with Gasteiger partial charge < -0.3 is 33.2 Å². The average Bonchev–Trinajstić information content (AvgIpc) is 2.95. The van der Waals surface area contributed by atoms with Gasteiger partial charge in [-0.25, -0.2) is 4.79 Å². The molecule has 3 atom stereocenters. The Morgan fingerprint density at radius 2 is 1.40 bits per heavy atom. The van der Waals surface area contributed by atoms with Gasteiger partial charge in [-0.05, 0) is 41.2 Å². The number of benzene rings is 2. The van der Waals surface area contributed by atoms with E-state index in [1.54, 1.807) is 24.5 Å². The maximum absolute atomic E-state index is 13.4. The molecule has 3 aromatic rings. The Morgan fingerprint density at radius 1 is 0.750 bits per heavy atom. The fourth-order valence-electron chi connectivity index (χ4n) is 4.10. The van der Waals surface area contributed by atoms with Crippen LogP contribution in [0.3, 0.4) is 0 Å². The largest absolute Gasteiger partial charge is 0.368 e. The summed E-state index contributed by atoms with van der Waals surface area (Å²) in [6, 6.07) is 17.3. The lowest BCUT2D eigenvalue weighted by Crippen LogP contribution is -2.56. The van der Waals surface area contributed by atoms with Gasteiger partial charge in [0.1, 0.15) is 12.1 Å². The Bertz CT molecular complexity index is 1270. The third kappa shape index (κ3) is 9.52. The van der Waals surface area contributed by atoms with Gasteiger partial charge in [-0.1, -0.05) is 60.7 Å². The number of hydrogen-bond donors (Lipinski definition) is 6. The van der Waals surface area contributed by atoms with Crippen LogP contribution in [0.5, 0.6) is 0 Å². The third-order valence-electron chi connectivity index (χ3n) is 6.28. The molecule has 3 rings (SSSR count). The van der Waals surface area contributed by atoms with E-state index < -0.39 is 41.9 Å². The molecule has 0 bridgehead atoms. The zero-order valence-electron chi connectivity index (χ0n) is 22.1. The molecule has 0 saturated heterocycles. The highest BCUT2D eigenvalue weighted by Crippen LogP contribution is 2.20. The van der Waals surface area contributed by atoms with Crippen LogP contribution in [0.4, 0.5) is 4.79 Å². The molecule has 40 heavy (non-hydrogen) atoms. The Hall–Kier alpha value is -4.77. The monoisotopic (exact) mass is 545 g/mol. The van der Waals surface area contributed by atoms with Gasteiger partial charge in [0.15, 0.2) is 0 Å². The molecular formula is C29H35N7O4. The molecule has 5 amide bonds. The van der Waals surface area contributed by atoms with E-state index in [0.29, 0.717) is 6.42 Å². The number of nitrogens with one attached hydrogen (secondary N) is 3. The van der Waals surface area contributed by atoms with Crippen LogP contribution >= 0.6 is 0 Å². The zero-order valence-corrected chi connectivity index (χ0v) is 22.1. The summed E-state index contributed by atoms with van der Waals surface area (Å²) in [5.74, 6) is -1.83. The third-order valence-corrected chi connectivity index (χ3v) is 6.28. The number of rotatable bonds is 14. The number of hydrogen-bond acceptors (Lipinski definition) is 6. The molecule has 0 aliphatic heterocycles. The first-order valence-corrected chi connectivity index (χ1v) is 12.9. The van der Waals surface area contributed by atoms with Crippen molar-refractivity contribution in [3.05, 3.63) is 90.3 Å². The summed E-state index contributed by atoms with van der Waals surface area (Å²) in [6.45, 7) is 0.266. The minimum absolute atomic E-state index is 0.147. The second kappa shape index (κ2) is 15.0. The van der Waals surface area contributed by atoms with Crippen LogP contribution in [0, 0.1) is 0 Å². The number of carbonyl (C=O) groups is 4. The van der Waals surface area contributed by atoms with E-state index in [2.05, 4.69) is 20.9 Å². The van der Waals surface area contributed by atoms with Gasteiger partial charge in [0.05, 0.1) is 6.04 Å². The minimum Gasteiger partial charge on any atom is -0.368 e. The van der Waals surface area contributed by atoms with Crippen molar-refractivity contribution in [1.29, 1.82) is 0 Å². The van der Waals surface area contributed by atoms with Crippen LogP contribution in [0.1, 0.15) is 24.0 Å². The van der Waals surface area contributed by atoms with Crippen LogP contribution in [-0.4, -0.2) is 53.4 Å². The number of pyridine rings is 1. The molecule has 0 unspecified atom stereocenters. The summed E-state index contributed by atoms with van der Waals surface area (Å²) in [5.41, 5.74) is 20.2. The summed E-state index contributed by atoms with van der Waals surface area (Å²) < 4.78 is 0. The lowest BCUT2D eigenvalue weighted by molar-refractivity contribution is -0.131. The predicted octanol–water partition coefficient (Wildman–Crippen LogP) is 0.765. The van der Waals surface area contributed by atoms with Gasteiger partial charge in [-0.15, -0.1) is 0 Å². The van der Waals surface area contributed by atoms with E-state index in [4.69, 9.17) is 17.2 Å². The van der Waals surface area contributed by atoms with Crippen molar-refractivity contribution >= 4 is 23.8 Å². The maximum atomic E-state index is 13.4.